The molecule has 1 aliphatic rings. The van der Waals surface area contributed by atoms with Crippen LogP contribution in [0.5, 0.6) is 0 Å². The first-order valence-corrected chi connectivity index (χ1v) is 10.1. The Kier molecular flexibility index (Phi) is 4.77. The molecule has 2 heterocycles. The Balaban J connectivity index is 1.54. The molecule has 32 heavy (non-hydrogen) atoms. The van der Waals surface area contributed by atoms with E-state index in [2.05, 4.69) is 11.4 Å². The Morgan fingerprint density at radius 2 is 1.62 bits per heavy atom. The average molecular weight is 418 g/mol. The van der Waals surface area contributed by atoms with Crippen molar-refractivity contribution in [2.75, 3.05) is 4.90 Å². The lowest BCUT2D eigenvalue weighted by Gasteiger charge is -2.10. The number of nitriles is 1. The fourth-order valence-electron chi connectivity index (χ4n) is 3.97. The lowest BCUT2D eigenvalue weighted by molar-refractivity contribution is -0.113. The molecule has 3 amide bonds. The van der Waals surface area contributed by atoms with Crippen molar-refractivity contribution in [2.45, 2.75) is 6.54 Å². The Hall–Kier alpha value is -4.63. The second-order valence-electron chi connectivity index (χ2n) is 7.46. The van der Waals surface area contributed by atoms with E-state index < -0.39 is 11.9 Å². The minimum Gasteiger partial charge on any atom is -0.342 e. The molecular weight excluding hydrogens is 400 g/mol. The van der Waals surface area contributed by atoms with Crippen molar-refractivity contribution in [1.82, 2.24) is 9.88 Å². The number of imide groups is 1. The fourth-order valence-corrected chi connectivity index (χ4v) is 3.97. The van der Waals surface area contributed by atoms with Crippen molar-refractivity contribution >= 4 is 34.6 Å². The first kappa shape index (κ1) is 19.3. The molecule has 1 aromatic heterocycles. The van der Waals surface area contributed by atoms with Crippen LogP contribution in [0, 0.1) is 11.3 Å². The maximum absolute atomic E-state index is 13.0. The maximum atomic E-state index is 13.0. The van der Waals surface area contributed by atoms with Gasteiger partial charge in [-0.2, -0.15) is 5.26 Å². The normalized spacial score (nSPS) is 14.7. The van der Waals surface area contributed by atoms with Crippen LogP contribution < -0.4 is 10.2 Å². The van der Waals surface area contributed by atoms with E-state index in [0.29, 0.717) is 17.8 Å². The zero-order chi connectivity index (χ0) is 22.1. The van der Waals surface area contributed by atoms with Crippen LogP contribution in [0.1, 0.15) is 16.7 Å². The van der Waals surface area contributed by atoms with E-state index in [0.717, 1.165) is 26.9 Å². The SMILES string of the molecule is N#Cc1ccccc1Cn1cc(/C=C2\NC(=O)N(c3ccccc3)C2=O)c2ccccc21. The van der Waals surface area contributed by atoms with Gasteiger partial charge in [0, 0.05) is 29.2 Å². The van der Waals surface area contributed by atoms with E-state index in [9.17, 15) is 14.9 Å². The first-order valence-electron chi connectivity index (χ1n) is 10.1. The van der Waals surface area contributed by atoms with Gasteiger partial charge < -0.3 is 9.88 Å². The number of hydrogen-bond acceptors (Lipinski definition) is 3. The number of hydrogen-bond donors (Lipinski definition) is 1. The standard InChI is InChI=1S/C26H18N4O2/c27-15-18-8-4-5-9-19(18)16-29-17-20(22-12-6-7-13-24(22)29)14-23-25(31)30(26(32)28-23)21-10-2-1-3-11-21/h1-14,17H,16H2,(H,28,32)/b23-14-. The lowest BCUT2D eigenvalue weighted by Crippen LogP contribution is -2.30. The van der Waals surface area contributed by atoms with Gasteiger partial charge in [-0.1, -0.05) is 54.6 Å². The topological polar surface area (TPSA) is 78.1 Å². The molecule has 1 saturated heterocycles. The van der Waals surface area contributed by atoms with E-state index in [-0.39, 0.29) is 5.70 Å². The zero-order valence-electron chi connectivity index (χ0n) is 17.0. The smallest absolute Gasteiger partial charge is 0.333 e. The molecule has 0 bridgehead atoms. The van der Waals surface area contributed by atoms with E-state index in [4.69, 9.17) is 0 Å². The van der Waals surface area contributed by atoms with E-state index in [1.807, 2.05) is 59.3 Å². The summed E-state index contributed by atoms with van der Waals surface area (Å²) in [6, 6.07) is 26.0. The van der Waals surface area contributed by atoms with Crippen molar-refractivity contribution in [3.8, 4) is 6.07 Å². The summed E-state index contributed by atoms with van der Waals surface area (Å²) in [5.74, 6) is -0.396. The van der Waals surface area contributed by atoms with Gasteiger partial charge in [0.2, 0.25) is 0 Å². The molecule has 0 radical (unpaired) electrons. The van der Waals surface area contributed by atoms with Gasteiger partial charge in [-0.15, -0.1) is 0 Å². The molecule has 6 nitrogen and oxygen atoms in total. The minimum atomic E-state index is -0.473. The van der Waals surface area contributed by atoms with Crippen LogP contribution >= 0.6 is 0 Å². The lowest BCUT2D eigenvalue weighted by atomic mass is 10.1. The molecule has 1 fully saturated rings. The predicted octanol–water partition coefficient (Wildman–Crippen LogP) is 4.66. The van der Waals surface area contributed by atoms with Crippen molar-refractivity contribution in [3.05, 3.63) is 107 Å². The summed E-state index contributed by atoms with van der Waals surface area (Å²) in [4.78, 5) is 26.6. The van der Waals surface area contributed by atoms with Gasteiger partial charge in [-0.05, 0) is 35.9 Å². The Morgan fingerprint density at radius 1 is 0.906 bits per heavy atom. The second-order valence-corrected chi connectivity index (χ2v) is 7.46. The third kappa shape index (κ3) is 3.32. The van der Waals surface area contributed by atoms with Gasteiger partial charge in [0.05, 0.1) is 17.3 Å². The minimum absolute atomic E-state index is 0.221. The van der Waals surface area contributed by atoms with Crippen molar-refractivity contribution < 1.29 is 9.59 Å². The van der Waals surface area contributed by atoms with Crippen LogP contribution in [0.2, 0.25) is 0 Å². The number of para-hydroxylation sites is 2. The molecule has 0 atom stereocenters. The van der Waals surface area contributed by atoms with Crippen LogP contribution in [0.4, 0.5) is 10.5 Å². The number of aromatic nitrogens is 1. The van der Waals surface area contributed by atoms with Gasteiger partial charge in [0.15, 0.2) is 0 Å². The highest BCUT2D eigenvalue weighted by Crippen LogP contribution is 2.27. The van der Waals surface area contributed by atoms with Crippen LogP contribution in [0.25, 0.3) is 17.0 Å². The number of benzene rings is 3. The summed E-state index contributed by atoms with van der Waals surface area (Å²) >= 11 is 0. The summed E-state index contributed by atoms with van der Waals surface area (Å²) in [6.07, 6.45) is 3.65. The summed E-state index contributed by atoms with van der Waals surface area (Å²) in [5, 5.41) is 13.1. The van der Waals surface area contributed by atoms with Crippen molar-refractivity contribution in [2.24, 2.45) is 0 Å². The fraction of sp³-hybridized carbons (Fsp3) is 0.0385. The largest absolute Gasteiger partial charge is 0.342 e. The Bertz CT molecular complexity index is 1430. The van der Waals surface area contributed by atoms with E-state index in [1.165, 1.54) is 0 Å². The molecule has 0 unspecified atom stereocenters. The first-order chi connectivity index (χ1) is 15.7. The number of urea groups is 1. The summed E-state index contributed by atoms with van der Waals surface area (Å²) in [7, 11) is 0. The third-order valence-corrected chi connectivity index (χ3v) is 5.49. The summed E-state index contributed by atoms with van der Waals surface area (Å²) < 4.78 is 2.05. The van der Waals surface area contributed by atoms with Gasteiger partial charge in [0.25, 0.3) is 5.91 Å². The van der Waals surface area contributed by atoms with E-state index >= 15 is 0 Å². The number of fused-ring (bicyclic) bond motifs is 1. The molecule has 4 aromatic rings. The molecule has 1 aliphatic heterocycles. The van der Waals surface area contributed by atoms with Gasteiger partial charge in [-0.3, -0.25) is 4.79 Å². The highest BCUT2D eigenvalue weighted by atomic mass is 16.2. The summed E-state index contributed by atoms with van der Waals surface area (Å²) in [5.41, 5.74) is 4.07. The average Bonchev–Trinajstić information content (AvgIpc) is 3.31. The van der Waals surface area contributed by atoms with Crippen LogP contribution in [-0.2, 0) is 11.3 Å². The molecule has 154 valence electrons. The highest BCUT2D eigenvalue weighted by molar-refractivity contribution is 6.28. The number of nitrogens with one attached hydrogen (secondary N) is 1. The number of anilines is 1. The Labute approximate surface area is 184 Å². The third-order valence-electron chi connectivity index (χ3n) is 5.49. The molecule has 0 aliphatic carbocycles. The highest BCUT2D eigenvalue weighted by Gasteiger charge is 2.34. The molecule has 3 aromatic carbocycles. The van der Waals surface area contributed by atoms with Crippen LogP contribution in [0.3, 0.4) is 0 Å². The van der Waals surface area contributed by atoms with E-state index in [1.54, 1.807) is 36.4 Å². The predicted molar refractivity (Wildman–Crippen MR) is 123 cm³/mol. The van der Waals surface area contributed by atoms with Gasteiger partial charge >= 0.3 is 6.03 Å². The molecule has 0 spiro atoms. The van der Waals surface area contributed by atoms with Crippen molar-refractivity contribution in [3.63, 3.8) is 0 Å². The van der Waals surface area contributed by atoms with Crippen LogP contribution in [-0.4, -0.2) is 16.5 Å². The zero-order valence-corrected chi connectivity index (χ0v) is 17.0. The molecule has 5 rings (SSSR count). The number of carbonyl (C=O) groups is 2. The molecular formula is C26H18N4O2. The number of carbonyl (C=O) groups excluding carboxylic acids is 2. The molecule has 6 heteroatoms. The van der Waals surface area contributed by atoms with Crippen LogP contribution in [0.15, 0.2) is 90.8 Å². The molecule has 0 saturated carbocycles. The van der Waals surface area contributed by atoms with Crippen molar-refractivity contribution in [1.29, 1.82) is 5.26 Å². The van der Waals surface area contributed by atoms with Gasteiger partial charge in [-0.25, -0.2) is 9.69 Å². The monoisotopic (exact) mass is 418 g/mol. The second kappa shape index (κ2) is 7.89. The number of amides is 3. The van der Waals surface area contributed by atoms with Gasteiger partial charge in [0.1, 0.15) is 5.70 Å². The molecule has 1 N–H and O–H groups in total. The number of rotatable bonds is 4. The quantitative estimate of drug-likeness (QED) is 0.387. The summed E-state index contributed by atoms with van der Waals surface area (Å²) in [6.45, 7) is 0.518. The number of nitrogens with zero attached hydrogens (tertiary/aromatic N) is 3. The Morgan fingerprint density at radius 3 is 2.44 bits per heavy atom. The maximum Gasteiger partial charge on any atom is 0.333 e.